The van der Waals surface area contributed by atoms with E-state index in [1.165, 1.54) is 24.6 Å². The van der Waals surface area contributed by atoms with Crippen LogP contribution in [-0.2, 0) is 13.0 Å². The summed E-state index contributed by atoms with van der Waals surface area (Å²) in [4.78, 5) is 4.26. The Labute approximate surface area is 115 Å². The number of rotatable bonds is 2. The average molecular weight is 271 g/mol. The number of pyridine rings is 1. The lowest BCUT2D eigenvalue weighted by Crippen LogP contribution is -2.02. The minimum absolute atomic E-state index is 0.582. The maximum Gasteiger partial charge on any atom is 0.197 e. The van der Waals surface area contributed by atoms with E-state index in [2.05, 4.69) is 25.8 Å². The molecule has 19 heavy (non-hydrogen) atoms. The topological polar surface area (TPSA) is 67.4 Å². The van der Waals surface area contributed by atoms with E-state index in [4.69, 9.17) is 5.26 Å². The van der Waals surface area contributed by atoms with E-state index in [0.29, 0.717) is 10.6 Å². The molecule has 0 aliphatic carbocycles. The average Bonchev–Trinajstić information content (AvgIpc) is 2.68. The van der Waals surface area contributed by atoms with Crippen molar-refractivity contribution in [2.75, 3.05) is 0 Å². The molecule has 3 heterocycles. The second-order valence-electron chi connectivity index (χ2n) is 4.43. The van der Waals surface area contributed by atoms with Crippen LogP contribution in [0.3, 0.4) is 0 Å². The quantitative estimate of drug-likeness (QED) is 0.839. The lowest BCUT2D eigenvalue weighted by atomic mass is 10.2. The van der Waals surface area contributed by atoms with E-state index < -0.39 is 0 Å². The summed E-state index contributed by atoms with van der Waals surface area (Å²) in [5, 5.41) is 19.1. The zero-order valence-corrected chi connectivity index (χ0v) is 11.2. The number of hydrogen-bond acceptors (Lipinski definition) is 5. The summed E-state index contributed by atoms with van der Waals surface area (Å²) < 4.78 is 2.16. The van der Waals surface area contributed by atoms with E-state index in [9.17, 15) is 0 Å². The number of nitrogens with zero attached hydrogens (tertiary/aromatic N) is 5. The van der Waals surface area contributed by atoms with Gasteiger partial charge in [-0.3, -0.25) is 0 Å². The van der Waals surface area contributed by atoms with Crippen LogP contribution in [0.5, 0.6) is 0 Å². The van der Waals surface area contributed by atoms with Gasteiger partial charge in [0.15, 0.2) is 5.16 Å². The molecule has 0 radical (unpaired) electrons. The first-order chi connectivity index (χ1) is 9.38. The molecule has 0 fully saturated rings. The summed E-state index contributed by atoms with van der Waals surface area (Å²) in [6, 6.07) is 5.70. The van der Waals surface area contributed by atoms with E-state index in [1.54, 1.807) is 18.3 Å². The number of fused-ring (bicyclic) bond motifs is 1. The molecule has 0 bridgehead atoms. The number of aromatic nitrogens is 4. The molecular formula is C13H13N5S. The molecule has 1 aliphatic heterocycles. The molecule has 0 aromatic carbocycles. The van der Waals surface area contributed by atoms with Gasteiger partial charge in [0.05, 0.1) is 5.56 Å². The Bertz CT molecular complexity index is 628. The smallest absolute Gasteiger partial charge is 0.197 e. The first-order valence-electron chi connectivity index (χ1n) is 6.33. The maximum absolute atomic E-state index is 9.08. The molecule has 0 saturated carbocycles. The SMILES string of the molecule is N#Cc1cccnc1Sc1nnc2n1CCCCC2. The minimum atomic E-state index is 0.582. The van der Waals surface area contributed by atoms with Gasteiger partial charge in [-0.15, -0.1) is 10.2 Å². The Morgan fingerprint density at radius 1 is 1.26 bits per heavy atom. The maximum atomic E-state index is 9.08. The van der Waals surface area contributed by atoms with Crippen LogP contribution in [0.1, 0.15) is 30.7 Å². The van der Waals surface area contributed by atoms with Crippen LogP contribution in [-0.4, -0.2) is 19.7 Å². The molecule has 0 atom stereocenters. The molecule has 0 N–H and O–H groups in total. The van der Waals surface area contributed by atoms with Crippen LogP contribution < -0.4 is 0 Å². The Kier molecular flexibility index (Phi) is 3.47. The fourth-order valence-electron chi connectivity index (χ4n) is 2.18. The molecule has 2 aromatic heterocycles. The van der Waals surface area contributed by atoms with Gasteiger partial charge in [0.2, 0.25) is 0 Å². The highest BCUT2D eigenvalue weighted by atomic mass is 32.2. The van der Waals surface area contributed by atoms with E-state index >= 15 is 0 Å². The van der Waals surface area contributed by atoms with E-state index in [-0.39, 0.29) is 0 Å². The standard InChI is InChI=1S/C13H13N5S/c14-9-10-5-4-7-15-12(10)19-13-17-16-11-6-2-1-3-8-18(11)13/h4-5,7H,1-3,6,8H2. The second kappa shape index (κ2) is 5.41. The molecule has 0 amide bonds. The summed E-state index contributed by atoms with van der Waals surface area (Å²) >= 11 is 1.43. The van der Waals surface area contributed by atoms with Crippen molar-refractivity contribution in [2.24, 2.45) is 0 Å². The summed E-state index contributed by atoms with van der Waals surface area (Å²) in [5.74, 6) is 1.05. The fourth-order valence-corrected chi connectivity index (χ4v) is 3.08. The molecule has 3 rings (SSSR count). The van der Waals surface area contributed by atoms with E-state index in [0.717, 1.165) is 30.4 Å². The van der Waals surface area contributed by atoms with Crippen LogP contribution in [0.25, 0.3) is 0 Å². The molecule has 0 saturated heterocycles. The van der Waals surface area contributed by atoms with Gasteiger partial charge in [-0.1, -0.05) is 6.42 Å². The summed E-state index contributed by atoms with van der Waals surface area (Å²) in [6.07, 6.45) is 6.26. The molecule has 1 aliphatic rings. The molecule has 0 unspecified atom stereocenters. The molecule has 2 aromatic rings. The third-order valence-electron chi connectivity index (χ3n) is 3.16. The van der Waals surface area contributed by atoms with Crippen LogP contribution in [0.15, 0.2) is 28.5 Å². The van der Waals surface area contributed by atoms with Crippen molar-refractivity contribution in [3.63, 3.8) is 0 Å². The lowest BCUT2D eigenvalue weighted by Gasteiger charge is -2.06. The van der Waals surface area contributed by atoms with Gasteiger partial charge in [-0.2, -0.15) is 5.26 Å². The van der Waals surface area contributed by atoms with E-state index in [1.807, 2.05) is 0 Å². The molecule has 0 spiro atoms. The van der Waals surface area contributed by atoms with Crippen LogP contribution in [0.4, 0.5) is 0 Å². The highest BCUT2D eigenvalue weighted by molar-refractivity contribution is 7.99. The first-order valence-corrected chi connectivity index (χ1v) is 7.15. The van der Waals surface area contributed by atoms with Crippen molar-refractivity contribution in [1.82, 2.24) is 19.7 Å². The van der Waals surface area contributed by atoms with Crippen molar-refractivity contribution in [3.8, 4) is 6.07 Å². The van der Waals surface area contributed by atoms with Gasteiger partial charge in [0.25, 0.3) is 0 Å². The molecule has 96 valence electrons. The second-order valence-corrected chi connectivity index (χ2v) is 5.39. The number of hydrogen-bond donors (Lipinski definition) is 0. The monoisotopic (exact) mass is 271 g/mol. The summed E-state index contributed by atoms with van der Waals surface area (Å²) in [6.45, 7) is 0.958. The number of aryl methyl sites for hydroxylation is 1. The fraction of sp³-hybridized carbons (Fsp3) is 0.385. The van der Waals surface area contributed by atoms with Gasteiger partial charge in [-0.25, -0.2) is 4.98 Å². The summed E-state index contributed by atoms with van der Waals surface area (Å²) in [7, 11) is 0. The zero-order valence-electron chi connectivity index (χ0n) is 10.4. The van der Waals surface area contributed by atoms with Gasteiger partial charge < -0.3 is 4.57 Å². The minimum Gasteiger partial charge on any atom is -0.306 e. The Morgan fingerprint density at radius 2 is 2.21 bits per heavy atom. The predicted octanol–water partition coefficient (Wildman–Crippen LogP) is 2.42. The predicted molar refractivity (Wildman–Crippen MR) is 70.7 cm³/mol. The third-order valence-corrected chi connectivity index (χ3v) is 4.16. The van der Waals surface area contributed by atoms with Crippen LogP contribution in [0.2, 0.25) is 0 Å². The van der Waals surface area contributed by atoms with Crippen LogP contribution >= 0.6 is 11.8 Å². The first kappa shape index (κ1) is 12.2. The van der Waals surface area contributed by atoms with Crippen molar-refractivity contribution >= 4 is 11.8 Å². The molecular weight excluding hydrogens is 258 g/mol. The largest absolute Gasteiger partial charge is 0.306 e. The van der Waals surface area contributed by atoms with Crippen molar-refractivity contribution in [1.29, 1.82) is 5.26 Å². The Balaban J connectivity index is 1.92. The van der Waals surface area contributed by atoms with Crippen molar-refractivity contribution < 1.29 is 0 Å². The van der Waals surface area contributed by atoms with Gasteiger partial charge in [0.1, 0.15) is 16.9 Å². The Morgan fingerprint density at radius 3 is 3.11 bits per heavy atom. The van der Waals surface area contributed by atoms with Crippen molar-refractivity contribution in [2.45, 2.75) is 42.4 Å². The zero-order chi connectivity index (χ0) is 13.1. The van der Waals surface area contributed by atoms with Gasteiger partial charge >= 0.3 is 0 Å². The normalized spacial score (nSPS) is 14.5. The highest BCUT2D eigenvalue weighted by Crippen LogP contribution is 2.28. The highest BCUT2D eigenvalue weighted by Gasteiger charge is 2.17. The van der Waals surface area contributed by atoms with Crippen molar-refractivity contribution in [3.05, 3.63) is 29.7 Å². The van der Waals surface area contributed by atoms with Gasteiger partial charge in [0, 0.05) is 19.2 Å². The summed E-state index contributed by atoms with van der Waals surface area (Å²) in [5.41, 5.74) is 0.582. The number of nitriles is 1. The van der Waals surface area contributed by atoms with Crippen LogP contribution in [0, 0.1) is 11.3 Å². The molecule has 5 nitrogen and oxygen atoms in total. The lowest BCUT2D eigenvalue weighted by molar-refractivity contribution is 0.590. The van der Waals surface area contributed by atoms with Gasteiger partial charge in [-0.05, 0) is 36.7 Å². The Hall–Kier alpha value is -1.87. The third kappa shape index (κ3) is 2.47. The molecule has 6 heteroatoms.